The first-order valence-electron chi connectivity index (χ1n) is 7.39. The van der Waals surface area contributed by atoms with Crippen molar-refractivity contribution in [2.75, 3.05) is 12.4 Å². The molecule has 1 aromatic carbocycles. The van der Waals surface area contributed by atoms with Gasteiger partial charge < -0.3 is 4.74 Å². The fourth-order valence-corrected chi connectivity index (χ4v) is 3.12. The van der Waals surface area contributed by atoms with Gasteiger partial charge in [0.1, 0.15) is 5.75 Å². The summed E-state index contributed by atoms with van der Waals surface area (Å²) < 4.78 is 18.0. The predicted octanol–water partition coefficient (Wildman–Crippen LogP) is 4.55. The Bertz CT molecular complexity index is 377. The molecule has 0 N–H and O–H groups in total. The van der Waals surface area contributed by atoms with Gasteiger partial charge in [-0.2, -0.15) is 0 Å². The molecule has 0 aliphatic carbocycles. The van der Waals surface area contributed by atoms with E-state index in [4.69, 9.17) is 4.74 Å². The minimum atomic E-state index is -0.929. The van der Waals surface area contributed by atoms with E-state index < -0.39 is 10.8 Å². The van der Waals surface area contributed by atoms with Crippen molar-refractivity contribution in [3.63, 3.8) is 0 Å². The van der Waals surface area contributed by atoms with Crippen molar-refractivity contribution >= 4 is 10.8 Å². The molecule has 2 nitrogen and oxygen atoms in total. The Kier molecular flexibility index (Phi) is 8.55. The molecule has 0 amide bonds. The summed E-state index contributed by atoms with van der Waals surface area (Å²) >= 11 is 0. The standard InChI is InChI=1S/C16H26O2S/c1-3-5-7-10-14-19(17)16-12-9-8-11-15(16)18-13-6-4-2/h8-9,11-12H,3-7,10,13-14H2,1-2H3. The van der Waals surface area contributed by atoms with Gasteiger partial charge in [-0.3, -0.25) is 4.21 Å². The zero-order chi connectivity index (χ0) is 13.9. The Morgan fingerprint density at radius 2 is 1.74 bits per heavy atom. The molecule has 1 unspecified atom stereocenters. The number of rotatable bonds is 10. The first kappa shape index (κ1) is 16.2. The van der Waals surface area contributed by atoms with Gasteiger partial charge in [0.15, 0.2) is 0 Å². The van der Waals surface area contributed by atoms with Crippen molar-refractivity contribution in [3.05, 3.63) is 24.3 Å². The van der Waals surface area contributed by atoms with Crippen LogP contribution in [-0.2, 0) is 10.8 Å². The van der Waals surface area contributed by atoms with E-state index in [-0.39, 0.29) is 0 Å². The van der Waals surface area contributed by atoms with Crippen molar-refractivity contribution in [2.45, 2.75) is 57.3 Å². The Balaban J connectivity index is 2.52. The summed E-state index contributed by atoms with van der Waals surface area (Å²) in [6.45, 7) is 5.04. The van der Waals surface area contributed by atoms with Gasteiger partial charge in [-0.05, 0) is 25.0 Å². The summed E-state index contributed by atoms with van der Waals surface area (Å²) in [6.07, 6.45) is 6.79. The highest BCUT2D eigenvalue weighted by Gasteiger charge is 2.10. The fourth-order valence-electron chi connectivity index (χ4n) is 1.85. The van der Waals surface area contributed by atoms with E-state index in [1.165, 1.54) is 19.3 Å². The van der Waals surface area contributed by atoms with Crippen LogP contribution < -0.4 is 4.74 Å². The molecule has 108 valence electrons. The maximum Gasteiger partial charge on any atom is 0.135 e. The number of hydrogen-bond acceptors (Lipinski definition) is 2. The highest BCUT2D eigenvalue weighted by molar-refractivity contribution is 7.85. The van der Waals surface area contributed by atoms with Crippen LogP contribution >= 0.6 is 0 Å². The number of para-hydroxylation sites is 1. The van der Waals surface area contributed by atoms with Gasteiger partial charge in [-0.15, -0.1) is 0 Å². The van der Waals surface area contributed by atoms with E-state index in [0.29, 0.717) is 6.61 Å². The molecule has 0 heterocycles. The summed E-state index contributed by atoms with van der Waals surface area (Å²) in [5, 5.41) is 0. The van der Waals surface area contributed by atoms with Crippen LogP contribution in [0.1, 0.15) is 52.4 Å². The average molecular weight is 282 g/mol. The van der Waals surface area contributed by atoms with E-state index in [1.807, 2.05) is 24.3 Å². The molecule has 0 saturated heterocycles. The second kappa shape index (κ2) is 10.0. The summed E-state index contributed by atoms with van der Waals surface area (Å²) in [5.74, 6) is 1.54. The minimum absolute atomic E-state index is 0.709. The van der Waals surface area contributed by atoms with Crippen molar-refractivity contribution in [1.82, 2.24) is 0 Å². The fraction of sp³-hybridized carbons (Fsp3) is 0.625. The minimum Gasteiger partial charge on any atom is -0.492 e. The Labute approximate surface area is 120 Å². The smallest absolute Gasteiger partial charge is 0.135 e. The third-order valence-corrected chi connectivity index (χ3v) is 4.52. The van der Waals surface area contributed by atoms with Crippen molar-refractivity contribution in [2.24, 2.45) is 0 Å². The van der Waals surface area contributed by atoms with E-state index >= 15 is 0 Å². The first-order valence-corrected chi connectivity index (χ1v) is 8.71. The van der Waals surface area contributed by atoms with Gasteiger partial charge in [-0.1, -0.05) is 51.7 Å². The Morgan fingerprint density at radius 3 is 2.47 bits per heavy atom. The Hall–Kier alpha value is -0.830. The molecule has 19 heavy (non-hydrogen) atoms. The molecule has 1 rings (SSSR count). The highest BCUT2D eigenvalue weighted by Crippen LogP contribution is 2.23. The van der Waals surface area contributed by atoms with Crippen molar-refractivity contribution in [3.8, 4) is 5.75 Å². The van der Waals surface area contributed by atoms with Gasteiger partial charge in [0, 0.05) is 5.75 Å². The lowest BCUT2D eigenvalue weighted by Crippen LogP contribution is -2.04. The maximum absolute atomic E-state index is 12.3. The Morgan fingerprint density at radius 1 is 1.00 bits per heavy atom. The van der Waals surface area contributed by atoms with Crippen LogP contribution in [0.25, 0.3) is 0 Å². The quantitative estimate of drug-likeness (QED) is 0.588. The van der Waals surface area contributed by atoms with Gasteiger partial charge in [0.2, 0.25) is 0 Å². The highest BCUT2D eigenvalue weighted by atomic mass is 32.2. The zero-order valence-electron chi connectivity index (χ0n) is 12.2. The summed E-state index contributed by atoms with van der Waals surface area (Å²) in [4.78, 5) is 0.857. The molecular weight excluding hydrogens is 256 g/mol. The van der Waals surface area contributed by atoms with Gasteiger partial charge >= 0.3 is 0 Å². The second-order valence-electron chi connectivity index (χ2n) is 4.76. The molecule has 1 aromatic rings. The molecule has 1 atom stereocenters. The number of benzene rings is 1. The van der Waals surface area contributed by atoms with Crippen molar-refractivity contribution < 1.29 is 8.95 Å². The van der Waals surface area contributed by atoms with Crippen LogP contribution in [0.3, 0.4) is 0 Å². The molecule has 0 radical (unpaired) electrons. The topological polar surface area (TPSA) is 26.3 Å². The number of ether oxygens (including phenoxy) is 1. The molecule has 0 aliphatic heterocycles. The monoisotopic (exact) mass is 282 g/mol. The van der Waals surface area contributed by atoms with Gasteiger partial charge in [-0.25, -0.2) is 0 Å². The van der Waals surface area contributed by atoms with Crippen LogP contribution in [0.5, 0.6) is 5.75 Å². The van der Waals surface area contributed by atoms with Crippen LogP contribution in [0.15, 0.2) is 29.2 Å². The van der Waals surface area contributed by atoms with Crippen LogP contribution in [-0.4, -0.2) is 16.6 Å². The molecular formula is C16H26O2S. The molecule has 0 saturated carbocycles. The zero-order valence-corrected chi connectivity index (χ0v) is 13.0. The van der Waals surface area contributed by atoms with E-state index in [9.17, 15) is 4.21 Å². The average Bonchev–Trinajstić information content (AvgIpc) is 2.44. The molecule has 0 aliphatic rings. The van der Waals surface area contributed by atoms with Crippen LogP contribution in [0.2, 0.25) is 0 Å². The third kappa shape index (κ3) is 6.24. The third-order valence-electron chi connectivity index (χ3n) is 3.03. The van der Waals surface area contributed by atoms with Gasteiger partial charge in [0.05, 0.1) is 22.3 Å². The largest absolute Gasteiger partial charge is 0.492 e. The predicted molar refractivity (Wildman–Crippen MR) is 82.3 cm³/mol. The molecule has 0 fully saturated rings. The first-order chi connectivity index (χ1) is 9.29. The summed E-state index contributed by atoms with van der Waals surface area (Å²) in [6, 6.07) is 7.73. The molecule has 0 aromatic heterocycles. The number of unbranched alkanes of at least 4 members (excludes halogenated alkanes) is 4. The second-order valence-corrected chi connectivity index (χ2v) is 6.30. The maximum atomic E-state index is 12.3. The van der Waals surface area contributed by atoms with E-state index in [0.717, 1.165) is 35.7 Å². The molecule has 3 heteroatoms. The lowest BCUT2D eigenvalue weighted by atomic mass is 10.2. The van der Waals surface area contributed by atoms with Crippen LogP contribution in [0.4, 0.5) is 0 Å². The molecule has 0 spiro atoms. The lowest BCUT2D eigenvalue weighted by Gasteiger charge is -2.10. The van der Waals surface area contributed by atoms with E-state index in [2.05, 4.69) is 13.8 Å². The summed E-state index contributed by atoms with van der Waals surface area (Å²) in [5.41, 5.74) is 0. The molecule has 0 bridgehead atoms. The van der Waals surface area contributed by atoms with E-state index in [1.54, 1.807) is 0 Å². The van der Waals surface area contributed by atoms with Gasteiger partial charge in [0.25, 0.3) is 0 Å². The normalized spacial score (nSPS) is 12.3. The summed E-state index contributed by atoms with van der Waals surface area (Å²) in [7, 11) is -0.929. The van der Waals surface area contributed by atoms with Crippen LogP contribution in [0, 0.1) is 0 Å². The number of hydrogen-bond donors (Lipinski definition) is 0. The SMILES string of the molecule is CCCCCCS(=O)c1ccccc1OCCCC. The lowest BCUT2D eigenvalue weighted by molar-refractivity contribution is 0.302. The van der Waals surface area contributed by atoms with Crippen molar-refractivity contribution in [1.29, 1.82) is 0 Å².